The lowest BCUT2D eigenvalue weighted by molar-refractivity contribution is -0.276. The van der Waals surface area contributed by atoms with Crippen molar-refractivity contribution in [3.8, 4) is 0 Å². The Balaban J connectivity index is 1.31. The zero-order valence-electron chi connectivity index (χ0n) is 25.5. The van der Waals surface area contributed by atoms with Crippen LogP contribution in [0.1, 0.15) is 60.8 Å². The van der Waals surface area contributed by atoms with Gasteiger partial charge in [0, 0.05) is 30.1 Å². The zero-order chi connectivity index (χ0) is 30.9. The number of carbonyl (C=O) groups excluding carboxylic acids is 2. The van der Waals surface area contributed by atoms with E-state index < -0.39 is 24.3 Å². The molecule has 44 heavy (non-hydrogen) atoms. The van der Waals surface area contributed by atoms with Crippen LogP contribution in [-0.4, -0.2) is 60.9 Å². The minimum absolute atomic E-state index is 0.00925. The number of hydrogen-bond donors (Lipinski definition) is 3. The molecule has 9 nitrogen and oxygen atoms in total. The van der Waals surface area contributed by atoms with E-state index in [2.05, 4.69) is 22.5 Å². The van der Waals surface area contributed by atoms with Crippen molar-refractivity contribution in [1.29, 1.82) is 0 Å². The van der Waals surface area contributed by atoms with Crippen molar-refractivity contribution in [2.24, 2.45) is 5.92 Å². The molecule has 2 amide bonds. The Morgan fingerprint density at radius 1 is 0.932 bits per heavy atom. The smallest absolute Gasteiger partial charge is 0.328 e. The number of carbonyl (C=O) groups is 2. The first-order chi connectivity index (χ1) is 21.4. The van der Waals surface area contributed by atoms with Crippen LogP contribution in [0.5, 0.6) is 0 Å². The highest BCUT2D eigenvalue weighted by Gasteiger charge is 2.39. The standard InChI is InChI=1S/C35H43N3O6/c1-24-31(22-38-18-7-4-8-19-38)43-34(44-32(24)27-16-14-26(23-39)15-17-27)28-12-9-13-29(21-28)36-35(41)37-30(33(40)42-2)20-25-10-5-3-6-11-25/h3,5-6,9-17,21,24,30-32,34,39H,4,7-8,18-20,22-23H2,1-2H3,(H2,36,37,41). The highest BCUT2D eigenvalue weighted by molar-refractivity contribution is 5.92. The fourth-order valence-electron chi connectivity index (χ4n) is 6.00. The van der Waals surface area contributed by atoms with E-state index in [1.54, 1.807) is 6.07 Å². The highest BCUT2D eigenvalue weighted by atomic mass is 16.7. The van der Waals surface area contributed by atoms with Crippen LogP contribution >= 0.6 is 0 Å². The summed E-state index contributed by atoms with van der Waals surface area (Å²) in [4.78, 5) is 27.9. The van der Waals surface area contributed by atoms with Gasteiger partial charge in [-0.15, -0.1) is 0 Å². The number of amides is 2. The molecular weight excluding hydrogens is 558 g/mol. The van der Waals surface area contributed by atoms with Crippen LogP contribution < -0.4 is 10.6 Å². The average Bonchev–Trinajstić information content (AvgIpc) is 3.06. The van der Waals surface area contributed by atoms with Gasteiger partial charge in [-0.3, -0.25) is 0 Å². The Kier molecular flexibility index (Phi) is 11.0. The van der Waals surface area contributed by atoms with Crippen LogP contribution in [0.15, 0.2) is 78.9 Å². The molecule has 0 spiro atoms. The molecule has 234 valence electrons. The highest BCUT2D eigenvalue weighted by Crippen LogP contribution is 2.42. The van der Waals surface area contributed by atoms with E-state index >= 15 is 0 Å². The summed E-state index contributed by atoms with van der Waals surface area (Å²) < 4.78 is 18.2. The summed E-state index contributed by atoms with van der Waals surface area (Å²) >= 11 is 0. The molecule has 3 aromatic rings. The third-order valence-corrected chi connectivity index (χ3v) is 8.50. The molecule has 9 heteroatoms. The molecular formula is C35H43N3O6. The van der Waals surface area contributed by atoms with E-state index in [-0.39, 0.29) is 24.7 Å². The molecule has 2 aliphatic heterocycles. The van der Waals surface area contributed by atoms with Crippen molar-refractivity contribution in [3.05, 3.63) is 101 Å². The second-order valence-electron chi connectivity index (χ2n) is 11.7. The molecule has 2 heterocycles. The van der Waals surface area contributed by atoms with Crippen LogP contribution in [0.4, 0.5) is 10.5 Å². The molecule has 2 saturated heterocycles. The summed E-state index contributed by atoms with van der Waals surface area (Å²) in [5, 5.41) is 15.1. The number of nitrogens with one attached hydrogen (secondary N) is 2. The third kappa shape index (κ3) is 8.24. The van der Waals surface area contributed by atoms with Gasteiger partial charge in [0.1, 0.15) is 6.04 Å². The lowest BCUT2D eigenvalue weighted by Crippen LogP contribution is -2.45. The first kappa shape index (κ1) is 31.7. The van der Waals surface area contributed by atoms with Crippen molar-refractivity contribution < 1.29 is 28.9 Å². The van der Waals surface area contributed by atoms with Crippen LogP contribution in [-0.2, 0) is 32.0 Å². The lowest BCUT2D eigenvalue weighted by Gasteiger charge is -2.43. The van der Waals surface area contributed by atoms with Gasteiger partial charge in [0.25, 0.3) is 0 Å². The van der Waals surface area contributed by atoms with Gasteiger partial charge in [-0.05, 0) is 54.8 Å². The van der Waals surface area contributed by atoms with Crippen molar-refractivity contribution in [1.82, 2.24) is 10.2 Å². The van der Waals surface area contributed by atoms with E-state index in [0.717, 1.165) is 41.9 Å². The number of rotatable bonds is 10. The molecule has 0 radical (unpaired) electrons. The predicted molar refractivity (Wildman–Crippen MR) is 168 cm³/mol. The number of anilines is 1. The Labute approximate surface area is 259 Å². The minimum Gasteiger partial charge on any atom is -0.467 e. The number of esters is 1. The molecule has 3 aromatic carbocycles. The van der Waals surface area contributed by atoms with E-state index in [9.17, 15) is 14.7 Å². The Hall–Kier alpha value is -3.76. The lowest BCUT2D eigenvalue weighted by atomic mass is 9.89. The monoisotopic (exact) mass is 601 g/mol. The topological polar surface area (TPSA) is 109 Å². The molecule has 2 aliphatic rings. The quantitative estimate of drug-likeness (QED) is 0.269. The van der Waals surface area contributed by atoms with Crippen molar-refractivity contribution in [2.75, 3.05) is 32.1 Å². The summed E-state index contributed by atoms with van der Waals surface area (Å²) in [6.07, 6.45) is 3.05. The summed E-state index contributed by atoms with van der Waals surface area (Å²) in [6, 6.07) is 23.4. The van der Waals surface area contributed by atoms with Crippen molar-refractivity contribution in [3.63, 3.8) is 0 Å². The first-order valence-corrected chi connectivity index (χ1v) is 15.5. The molecule has 0 bridgehead atoms. The van der Waals surface area contributed by atoms with E-state index in [1.165, 1.54) is 26.4 Å². The number of nitrogens with zero attached hydrogens (tertiary/aromatic N) is 1. The molecule has 2 fully saturated rings. The summed E-state index contributed by atoms with van der Waals surface area (Å²) in [7, 11) is 1.31. The second kappa shape index (κ2) is 15.3. The van der Waals surface area contributed by atoms with Gasteiger partial charge in [0.05, 0.1) is 25.9 Å². The molecule has 5 atom stereocenters. The Bertz CT molecular complexity index is 1360. The van der Waals surface area contributed by atoms with Crippen LogP contribution in [0.3, 0.4) is 0 Å². The summed E-state index contributed by atoms with van der Waals surface area (Å²) in [5.74, 6) is -0.422. The maximum absolute atomic E-state index is 13.0. The number of aliphatic hydroxyl groups is 1. The van der Waals surface area contributed by atoms with Gasteiger partial charge in [0.15, 0.2) is 6.29 Å². The number of ether oxygens (including phenoxy) is 3. The number of likely N-dealkylation sites (tertiary alicyclic amines) is 1. The number of urea groups is 1. The van der Waals surface area contributed by atoms with Gasteiger partial charge in [-0.25, -0.2) is 9.59 Å². The number of benzene rings is 3. The third-order valence-electron chi connectivity index (χ3n) is 8.50. The van der Waals surface area contributed by atoms with Crippen LogP contribution in [0, 0.1) is 5.92 Å². The fraction of sp³-hybridized carbons (Fsp3) is 0.429. The first-order valence-electron chi connectivity index (χ1n) is 15.5. The number of methoxy groups -OCH3 is 1. The summed E-state index contributed by atoms with van der Waals surface area (Å²) in [5.41, 5.74) is 4.12. The van der Waals surface area contributed by atoms with E-state index in [4.69, 9.17) is 14.2 Å². The maximum atomic E-state index is 13.0. The van der Waals surface area contributed by atoms with Gasteiger partial charge in [0.2, 0.25) is 0 Å². The Morgan fingerprint density at radius 2 is 1.68 bits per heavy atom. The van der Waals surface area contributed by atoms with Crippen LogP contribution in [0.25, 0.3) is 0 Å². The molecule has 0 aliphatic carbocycles. The fourth-order valence-corrected chi connectivity index (χ4v) is 6.00. The second-order valence-corrected chi connectivity index (χ2v) is 11.7. The SMILES string of the molecule is COC(=O)C(Cc1ccccc1)NC(=O)Nc1cccc(C2OC(CN3CCCCC3)C(C)C(c3ccc(CO)cc3)O2)c1. The minimum atomic E-state index is -0.842. The van der Waals surface area contributed by atoms with Gasteiger partial charge in [-0.2, -0.15) is 0 Å². The van der Waals surface area contributed by atoms with Gasteiger partial charge in [-0.1, -0.05) is 80.1 Å². The average molecular weight is 602 g/mol. The Morgan fingerprint density at radius 3 is 2.39 bits per heavy atom. The van der Waals surface area contributed by atoms with Crippen LogP contribution in [0.2, 0.25) is 0 Å². The molecule has 3 N–H and O–H groups in total. The van der Waals surface area contributed by atoms with Crippen molar-refractivity contribution >= 4 is 17.7 Å². The number of aliphatic hydroxyl groups excluding tert-OH is 1. The van der Waals surface area contributed by atoms with E-state index in [0.29, 0.717) is 12.1 Å². The summed E-state index contributed by atoms with van der Waals surface area (Å²) in [6.45, 7) is 5.12. The molecule has 0 aromatic heterocycles. The number of piperidine rings is 1. The normalized spacial score (nSPS) is 23.0. The number of hydrogen-bond acceptors (Lipinski definition) is 7. The molecule has 0 saturated carbocycles. The molecule has 5 unspecified atom stereocenters. The van der Waals surface area contributed by atoms with Gasteiger partial charge < -0.3 is 34.9 Å². The maximum Gasteiger partial charge on any atom is 0.328 e. The zero-order valence-corrected chi connectivity index (χ0v) is 25.5. The largest absolute Gasteiger partial charge is 0.467 e. The molecule has 5 rings (SSSR count). The predicted octanol–water partition coefficient (Wildman–Crippen LogP) is 5.36. The van der Waals surface area contributed by atoms with E-state index in [1.807, 2.05) is 72.8 Å². The van der Waals surface area contributed by atoms with Gasteiger partial charge >= 0.3 is 12.0 Å². The van der Waals surface area contributed by atoms with Crippen molar-refractivity contribution in [2.45, 2.75) is 63.8 Å².